The van der Waals surface area contributed by atoms with Gasteiger partial charge in [0.05, 0.1) is 22.6 Å². The van der Waals surface area contributed by atoms with Gasteiger partial charge in [-0.1, -0.05) is 11.6 Å². The summed E-state index contributed by atoms with van der Waals surface area (Å²) in [5.41, 5.74) is 0.558. The molecular formula is C11H13ClF3N3O2S3. The van der Waals surface area contributed by atoms with Crippen LogP contribution in [-0.2, 0) is 10.0 Å². The van der Waals surface area contributed by atoms with Gasteiger partial charge in [0.25, 0.3) is 0 Å². The predicted molar refractivity (Wildman–Crippen MR) is 87.2 cm³/mol. The van der Waals surface area contributed by atoms with E-state index in [0.717, 1.165) is 11.8 Å². The second kappa shape index (κ2) is 6.89. The van der Waals surface area contributed by atoms with Crippen molar-refractivity contribution in [2.75, 3.05) is 23.9 Å². The number of halogens is 4. The average Bonchev–Trinajstić information content (AvgIpc) is 2.36. The number of benzene rings is 1. The first-order valence-corrected chi connectivity index (χ1v) is 10.0. The highest BCUT2D eigenvalue weighted by atomic mass is 35.5. The van der Waals surface area contributed by atoms with Crippen LogP contribution in [0.1, 0.15) is 0 Å². The van der Waals surface area contributed by atoms with E-state index >= 15 is 0 Å². The smallest absolute Gasteiger partial charge is 0.367 e. The topological polar surface area (TPSA) is 75.4 Å². The number of hydrogen-bond acceptors (Lipinski definition) is 6. The molecule has 1 aromatic rings. The van der Waals surface area contributed by atoms with E-state index in [4.69, 9.17) is 16.7 Å². The number of hydrogen-bond donors (Lipinski definition) is 2. The van der Waals surface area contributed by atoms with Crippen LogP contribution in [0.25, 0.3) is 0 Å². The third kappa shape index (κ3) is 5.07. The number of sulfonamides is 1. The maximum atomic E-state index is 12.2. The minimum absolute atomic E-state index is 0.0365. The Bertz CT molecular complexity index is 700. The second-order valence-electron chi connectivity index (χ2n) is 4.75. The zero-order valence-corrected chi connectivity index (χ0v) is 14.9. The summed E-state index contributed by atoms with van der Waals surface area (Å²) < 4.78 is 61.3. The fourth-order valence-corrected chi connectivity index (χ4v) is 4.96. The molecule has 1 aliphatic heterocycles. The van der Waals surface area contributed by atoms with Gasteiger partial charge in [-0.05, 0) is 31.1 Å². The Kier molecular flexibility index (Phi) is 5.69. The summed E-state index contributed by atoms with van der Waals surface area (Å²) in [6, 6.07) is 2.76. The molecule has 12 heteroatoms. The summed E-state index contributed by atoms with van der Waals surface area (Å²) in [6.45, 7) is 0. The van der Waals surface area contributed by atoms with Crippen molar-refractivity contribution in [2.45, 2.75) is 22.1 Å². The van der Waals surface area contributed by atoms with Gasteiger partial charge >= 0.3 is 6.18 Å². The molecule has 0 aromatic heterocycles. The van der Waals surface area contributed by atoms with E-state index in [-0.39, 0.29) is 21.8 Å². The average molecular weight is 408 g/mol. The molecule has 1 aliphatic rings. The Labute approximate surface area is 145 Å². The third-order valence-corrected chi connectivity index (χ3v) is 6.42. The van der Waals surface area contributed by atoms with Gasteiger partial charge in [0.15, 0.2) is 0 Å². The molecule has 0 amide bonds. The van der Waals surface area contributed by atoms with Crippen LogP contribution >= 0.6 is 35.3 Å². The van der Waals surface area contributed by atoms with E-state index in [1.54, 1.807) is 11.4 Å². The van der Waals surface area contributed by atoms with Crippen LogP contribution in [0.3, 0.4) is 0 Å². The second-order valence-corrected chi connectivity index (χ2v) is 8.92. The zero-order valence-electron chi connectivity index (χ0n) is 11.7. The Morgan fingerprint density at radius 2 is 2.13 bits per heavy atom. The van der Waals surface area contributed by atoms with Gasteiger partial charge in [-0.15, -0.1) is 11.8 Å². The summed E-state index contributed by atoms with van der Waals surface area (Å²) >= 11 is 7.90. The first-order chi connectivity index (χ1) is 10.5. The lowest BCUT2D eigenvalue weighted by Crippen LogP contribution is -2.39. The minimum atomic E-state index is -4.21. The molecule has 0 spiro atoms. The van der Waals surface area contributed by atoms with Crippen molar-refractivity contribution in [3.63, 3.8) is 0 Å². The molecule has 1 atom stereocenters. The molecule has 1 heterocycles. The van der Waals surface area contributed by atoms with Crippen LogP contribution in [0.2, 0.25) is 5.02 Å². The van der Waals surface area contributed by atoms with Crippen molar-refractivity contribution >= 4 is 51.0 Å². The van der Waals surface area contributed by atoms with Crippen molar-refractivity contribution in [1.82, 2.24) is 4.31 Å². The van der Waals surface area contributed by atoms with E-state index in [0.29, 0.717) is 10.6 Å². The molecule has 0 saturated carbocycles. The van der Waals surface area contributed by atoms with Crippen LogP contribution < -0.4 is 10.5 Å². The lowest BCUT2D eigenvalue weighted by molar-refractivity contribution is -0.105. The summed E-state index contributed by atoms with van der Waals surface area (Å²) in [5, 5.41) is 8.11. The number of thioether (sulfide) groups is 1. The Balaban J connectivity index is 2.15. The highest BCUT2D eigenvalue weighted by Gasteiger charge is 2.30. The third-order valence-electron chi connectivity index (χ3n) is 2.89. The van der Waals surface area contributed by atoms with Gasteiger partial charge in [0.2, 0.25) is 10.0 Å². The summed E-state index contributed by atoms with van der Waals surface area (Å²) in [6.07, 6.45) is -4.56. The number of nitrogens with one attached hydrogen (secondary N) is 1. The number of fused-ring (bicyclic) bond motifs is 1. The van der Waals surface area contributed by atoms with Crippen molar-refractivity contribution in [3.05, 3.63) is 17.2 Å². The molecule has 2 rings (SSSR count). The van der Waals surface area contributed by atoms with E-state index in [9.17, 15) is 21.6 Å². The summed E-state index contributed by atoms with van der Waals surface area (Å²) in [7, 11) is -2.25. The highest BCUT2D eigenvalue weighted by molar-refractivity contribution is 7.99. The maximum Gasteiger partial charge on any atom is 0.397 e. The quantitative estimate of drug-likeness (QED) is 0.747. The highest BCUT2D eigenvalue weighted by Crippen LogP contribution is 2.40. The predicted octanol–water partition coefficient (Wildman–Crippen LogP) is 2.97. The molecule has 1 aromatic carbocycles. The normalized spacial score (nSPS) is 19.3. The van der Waals surface area contributed by atoms with Crippen LogP contribution in [-0.4, -0.2) is 43.6 Å². The number of nitrogens with zero attached hydrogens (tertiary/aromatic N) is 1. The van der Waals surface area contributed by atoms with Crippen LogP contribution in [0.5, 0.6) is 0 Å². The van der Waals surface area contributed by atoms with Crippen molar-refractivity contribution in [2.24, 2.45) is 5.14 Å². The Morgan fingerprint density at radius 3 is 2.70 bits per heavy atom. The SMILES string of the molecule is CN1Sc2cc(S(N)(=O)=O)c(Cl)cc2NC1CSCC(F)(F)F. The Hall–Kier alpha value is -0.330. The molecule has 3 N–H and O–H groups in total. The molecule has 0 aliphatic carbocycles. The van der Waals surface area contributed by atoms with Crippen molar-refractivity contribution in [1.29, 1.82) is 0 Å². The molecule has 1 unspecified atom stereocenters. The van der Waals surface area contributed by atoms with Gasteiger partial charge in [-0.25, -0.2) is 17.9 Å². The standard InChI is InChI=1S/C11H13ClF3N3O2S3/c1-18-10(4-21-5-11(13,14)15)17-7-2-6(12)9(23(16,19)20)3-8(7)22-18/h2-3,10,17H,4-5H2,1H3,(H2,16,19,20). The molecular weight excluding hydrogens is 395 g/mol. The maximum absolute atomic E-state index is 12.2. The molecule has 23 heavy (non-hydrogen) atoms. The van der Waals surface area contributed by atoms with E-state index < -0.39 is 22.0 Å². The minimum Gasteiger partial charge on any atom is -0.367 e. The van der Waals surface area contributed by atoms with Gasteiger partial charge in [-0.2, -0.15) is 13.2 Å². The number of alkyl halides is 3. The first kappa shape index (κ1) is 19.0. The molecule has 5 nitrogen and oxygen atoms in total. The fraction of sp³-hybridized carbons (Fsp3) is 0.455. The van der Waals surface area contributed by atoms with Gasteiger partial charge in [0.1, 0.15) is 4.90 Å². The van der Waals surface area contributed by atoms with Crippen molar-refractivity contribution in [3.8, 4) is 0 Å². The number of anilines is 1. The Morgan fingerprint density at radius 1 is 1.48 bits per heavy atom. The fourth-order valence-electron chi connectivity index (χ4n) is 1.86. The largest absolute Gasteiger partial charge is 0.397 e. The molecule has 0 fully saturated rings. The molecule has 0 saturated heterocycles. The van der Waals surface area contributed by atoms with E-state index in [2.05, 4.69) is 5.32 Å². The molecule has 0 radical (unpaired) electrons. The summed E-state index contributed by atoms with van der Waals surface area (Å²) in [5.74, 6) is -0.724. The lowest BCUT2D eigenvalue weighted by Gasteiger charge is -2.34. The van der Waals surface area contributed by atoms with Crippen LogP contribution in [0, 0.1) is 0 Å². The number of rotatable bonds is 4. The molecule has 0 bridgehead atoms. The number of primary sulfonamides is 1. The summed E-state index contributed by atoms with van der Waals surface area (Å²) in [4.78, 5) is 0.392. The number of nitrogens with two attached hydrogens (primary N) is 1. The van der Waals surface area contributed by atoms with E-state index in [1.807, 2.05) is 0 Å². The monoisotopic (exact) mass is 407 g/mol. The lowest BCUT2D eigenvalue weighted by atomic mass is 10.3. The zero-order chi connectivity index (χ0) is 17.4. The first-order valence-electron chi connectivity index (χ1n) is 6.15. The van der Waals surface area contributed by atoms with Crippen LogP contribution in [0.4, 0.5) is 18.9 Å². The van der Waals surface area contributed by atoms with Gasteiger partial charge in [-0.3, -0.25) is 0 Å². The van der Waals surface area contributed by atoms with Crippen molar-refractivity contribution < 1.29 is 21.6 Å². The van der Waals surface area contributed by atoms with E-state index in [1.165, 1.54) is 24.1 Å². The molecule has 130 valence electrons. The van der Waals surface area contributed by atoms with Gasteiger partial charge in [0, 0.05) is 10.6 Å². The van der Waals surface area contributed by atoms with Gasteiger partial charge < -0.3 is 5.32 Å². The van der Waals surface area contributed by atoms with Crippen LogP contribution in [0.15, 0.2) is 21.9 Å².